The zero-order valence-corrected chi connectivity index (χ0v) is 13.6. The maximum absolute atomic E-state index is 12.5. The van der Waals surface area contributed by atoms with Gasteiger partial charge in [0, 0.05) is 30.6 Å². The molecular formula is C13H25ClN2O2S. The van der Waals surface area contributed by atoms with E-state index < -0.39 is 0 Å². The van der Waals surface area contributed by atoms with E-state index in [9.17, 15) is 4.79 Å². The van der Waals surface area contributed by atoms with Crippen molar-refractivity contribution >= 4 is 30.1 Å². The fraction of sp³-hybridized carbons (Fsp3) is 0.923. The molecule has 2 saturated heterocycles. The molecule has 3 atom stereocenters. The Hall–Kier alpha value is 0.0300. The monoisotopic (exact) mass is 308 g/mol. The molecule has 0 aliphatic carbocycles. The van der Waals surface area contributed by atoms with E-state index in [1.807, 2.05) is 23.6 Å². The van der Waals surface area contributed by atoms with E-state index in [0.717, 1.165) is 25.4 Å². The van der Waals surface area contributed by atoms with Gasteiger partial charge in [0.25, 0.3) is 0 Å². The molecule has 1 amide bonds. The molecule has 6 heteroatoms. The number of hydrogen-bond donors (Lipinski definition) is 1. The van der Waals surface area contributed by atoms with Crippen LogP contribution in [0.25, 0.3) is 0 Å². The second-order valence-electron chi connectivity index (χ2n) is 5.45. The second kappa shape index (κ2) is 7.72. The summed E-state index contributed by atoms with van der Waals surface area (Å²) in [5, 5.41) is 3.86. The largest absolute Gasteiger partial charge is 0.375 e. The average Bonchev–Trinajstić information content (AvgIpc) is 2.38. The highest BCUT2D eigenvalue weighted by atomic mass is 35.5. The summed E-state index contributed by atoms with van der Waals surface area (Å²) in [6, 6.07) is -0.158. The number of carbonyl (C=O) groups excluding carboxylic acids is 1. The number of nitrogens with zero attached hydrogens (tertiary/aromatic N) is 1. The second-order valence-corrected chi connectivity index (χ2v) is 6.79. The van der Waals surface area contributed by atoms with Gasteiger partial charge in [-0.2, -0.15) is 11.8 Å². The third-order valence-corrected chi connectivity index (χ3v) is 5.27. The van der Waals surface area contributed by atoms with Gasteiger partial charge in [-0.25, -0.2) is 0 Å². The zero-order chi connectivity index (χ0) is 13.1. The van der Waals surface area contributed by atoms with Crippen LogP contribution in [0.4, 0.5) is 0 Å². The van der Waals surface area contributed by atoms with Crippen molar-refractivity contribution in [2.75, 3.05) is 32.0 Å². The van der Waals surface area contributed by atoms with E-state index in [4.69, 9.17) is 4.74 Å². The maximum atomic E-state index is 12.5. The summed E-state index contributed by atoms with van der Waals surface area (Å²) >= 11 is 1.99. The fourth-order valence-electron chi connectivity index (χ4n) is 2.49. The molecule has 112 valence electrons. The van der Waals surface area contributed by atoms with Crippen molar-refractivity contribution in [3.8, 4) is 0 Å². The summed E-state index contributed by atoms with van der Waals surface area (Å²) < 4.78 is 5.56. The van der Waals surface area contributed by atoms with Gasteiger partial charge in [-0.05, 0) is 12.8 Å². The number of nitrogens with one attached hydrogen (secondary N) is 1. The van der Waals surface area contributed by atoms with Crippen molar-refractivity contribution in [3.05, 3.63) is 0 Å². The Morgan fingerprint density at radius 3 is 2.84 bits per heavy atom. The molecule has 1 N–H and O–H groups in total. The summed E-state index contributed by atoms with van der Waals surface area (Å²) in [5.74, 6) is 1.89. The van der Waals surface area contributed by atoms with Crippen molar-refractivity contribution in [1.82, 2.24) is 10.2 Å². The molecule has 0 aromatic carbocycles. The summed E-state index contributed by atoms with van der Waals surface area (Å²) in [5.41, 5.74) is 0. The molecule has 0 spiro atoms. The van der Waals surface area contributed by atoms with Gasteiger partial charge in [0.05, 0.1) is 12.7 Å². The Morgan fingerprint density at radius 1 is 1.47 bits per heavy atom. The third-order valence-electron chi connectivity index (χ3n) is 3.73. The molecule has 4 nitrogen and oxygen atoms in total. The molecule has 0 saturated carbocycles. The molecule has 2 rings (SSSR count). The minimum absolute atomic E-state index is 0. The molecule has 2 fully saturated rings. The van der Waals surface area contributed by atoms with Gasteiger partial charge in [0.1, 0.15) is 6.04 Å². The van der Waals surface area contributed by atoms with Gasteiger partial charge < -0.3 is 15.0 Å². The first kappa shape index (κ1) is 17.1. The molecule has 0 aromatic heterocycles. The van der Waals surface area contributed by atoms with Crippen LogP contribution in [0.15, 0.2) is 0 Å². The van der Waals surface area contributed by atoms with Crippen LogP contribution in [0.5, 0.6) is 0 Å². The summed E-state index contributed by atoms with van der Waals surface area (Å²) in [7, 11) is 0. The maximum Gasteiger partial charge on any atom is 0.242 e. The van der Waals surface area contributed by atoms with Gasteiger partial charge in [0.2, 0.25) is 5.91 Å². The molecule has 2 heterocycles. The molecule has 19 heavy (non-hydrogen) atoms. The van der Waals surface area contributed by atoms with E-state index in [-0.39, 0.29) is 30.5 Å². The molecule has 0 radical (unpaired) electrons. The number of amides is 1. The molecule has 1 unspecified atom stereocenters. The first-order valence-corrected chi connectivity index (χ1v) is 7.90. The minimum atomic E-state index is -0.158. The molecule has 2 aliphatic rings. The third kappa shape index (κ3) is 4.25. The van der Waals surface area contributed by atoms with Crippen molar-refractivity contribution in [3.63, 3.8) is 0 Å². The van der Waals surface area contributed by atoms with Gasteiger partial charge in [-0.1, -0.05) is 13.8 Å². The summed E-state index contributed by atoms with van der Waals surface area (Å²) in [6.45, 7) is 9.68. The number of halogens is 1. The van der Waals surface area contributed by atoms with Crippen molar-refractivity contribution < 1.29 is 9.53 Å². The molecule has 2 aliphatic heterocycles. The minimum Gasteiger partial charge on any atom is -0.375 e. The number of carbonyl (C=O) groups is 1. The van der Waals surface area contributed by atoms with E-state index in [1.165, 1.54) is 0 Å². The molecule has 0 bridgehead atoms. The quantitative estimate of drug-likeness (QED) is 0.837. The van der Waals surface area contributed by atoms with Crippen LogP contribution in [0.1, 0.15) is 20.8 Å². The predicted octanol–water partition coefficient (Wildman–Crippen LogP) is 1.39. The lowest BCUT2D eigenvalue weighted by molar-refractivity contribution is -0.139. The zero-order valence-electron chi connectivity index (χ0n) is 11.9. The van der Waals surface area contributed by atoms with Crippen LogP contribution in [0.2, 0.25) is 0 Å². The van der Waals surface area contributed by atoms with E-state index in [2.05, 4.69) is 19.2 Å². The SMILES string of the molecule is CC(C)C1CN(C(=O)[C@H]2NCCO[C@@H]2C)CCS1.Cl. The Balaban J connectivity index is 0.00000180. The number of ether oxygens (including phenoxy) is 1. The smallest absolute Gasteiger partial charge is 0.242 e. The fourth-order valence-corrected chi connectivity index (χ4v) is 3.78. The Kier molecular flexibility index (Phi) is 6.94. The lowest BCUT2D eigenvalue weighted by atomic mass is 10.1. The lowest BCUT2D eigenvalue weighted by Gasteiger charge is -2.38. The van der Waals surface area contributed by atoms with Gasteiger partial charge >= 0.3 is 0 Å². The van der Waals surface area contributed by atoms with Crippen LogP contribution in [-0.4, -0.2) is 60.2 Å². The first-order valence-electron chi connectivity index (χ1n) is 6.85. The number of rotatable bonds is 2. The number of thioether (sulfide) groups is 1. The highest BCUT2D eigenvalue weighted by Gasteiger charge is 2.34. The van der Waals surface area contributed by atoms with E-state index in [0.29, 0.717) is 17.8 Å². The highest BCUT2D eigenvalue weighted by Crippen LogP contribution is 2.25. The lowest BCUT2D eigenvalue weighted by Crippen LogP contribution is -2.58. The van der Waals surface area contributed by atoms with Crippen molar-refractivity contribution in [2.24, 2.45) is 5.92 Å². The molecule has 0 aromatic rings. The van der Waals surface area contributed by atoms with Crippen molar-refractivity contribution in [2.45, 2.75) is 38.2 Å². The molecular weight excluding hydrogens is 284 g/mol. The van der Waals surface area contributed by atoms with Crippen LogP contribution < -0.4 is 5.32 Å². The van der Waals surface area contributed by atoms with Crippen molar-refractivity contribution in [1.29, 1.82) is 0 Å². The summed E-state index contributed by atoms with van der Waals surface area (Å²) in [4.78, 5) is 14.5. The van der Waals surface area contributed by atoms with Gasteiger partial charge in [-0.3, -0.25) is 4.79 Å². The Morgan fingerprint density at radius 2 is 2.21 bits per heavy atom. The number of morpholine rings is 1. The van der Waals surface area contributed by atoms with Crippen LogP contribution in [0.3, 0.4) is 0 Å². The van der Waals surface area contributed by atoms with Crippen LogP contribution in [0, 0.1) is 5.92 Å². The predicted molar refractivity (Wildman–Crippen MR) is 82.1 cm³/mol. The van der Waals surface area contributed by atoms with E-state index in [1.54, 1.807) is 0 Å². The van der Waals surface area contributed by atoms with Crippen LogP contribution >= 0.6 is 24.2 Å². The first-order chi connectivity index (χ1) is 8.59. The van der Waals surface area contributed by atoms with Gasteiger partial charge in [0.15, 0.2) is 0 Å². The number of hydrogen-bond acceptors (Lipinski definition) is 4. The topological polar surface area (TPSA) is 41.6 Å². The average molecular weight is 309 g/mol. The standard InChI is InChI=1S/C13H24N2O2S.ClH/c1-9(2)11-8-15(5-7-18-11)13(16)12-10(3)17-6-4-14-12;/h9-12,14H,4-8H2,1-3H3;1H/t10-,11?,12+;/m1./s1. The van der Waals surface area contributed by atoms with Gasteiger partial charge in [-0.15, -0.1) is 12.4 Å². The van der Waals surface area contributed by atoms with Crippen LogP contribution in [-0.2, 0) is 9.53 Å². The highest BCUT2D eigenvalue weighted by molar-refractivity contribution is 8.00. The Bertz CT molecular complexity index is 304. The Labute approximate surface area is 126 Å². The normalized spacial score (nSPS) is 32.0. The summed E-state index contributed by atoms with van der Waals surface area (Å²) in [6.07, 6.45) is -0.0154. The van der Waals surface area contributed by atoms with E-state index >= 15 is 0 Å².